The number of carbonyl (C=O) groups excluding carboxylic acids is 1. The zero-order valence-electron chi connectivity index (χ0n) is 9.85. The predicted molar refractivity (Wildman–Crippen MR) is 70.9 cm³/mol. The molecule has 0 spiro atoms. The summed E-state index contributed by atoms with van der Waals surface area (Å²) in [6.07, 6.45) is 1.98. The first-order chi connectivity index (χ1) is 8.72. The van der Waals surface area contributed by atoms with Gasteiger partial charge in [0.05, 0.1) is 5.56 Å². The molecule has 1 aromatic heterocycles. The molecular weight excluding hydrogens is 250 g/mol. The van der Waals surface area contributed by atoms with Crippen LogP contribution in [0.2, 0.25) is 5.15 Å². The summed E-state index contributed by atoms with van der Waals surface area (Å²) in [7, 11) is 0. The van der Waals surface area contributed by atoms with Crippen LogP contribution in [0.1, 0.15) is 21.5 Å². The van der Waals surface area contributed by atoms with Gasteiger partial charge in [0.2, 0.25) is 0 Å². The van der Waals surface area contributed by atoms with Gasteiger partial charge in [0.1, 0.15) is 17.3 Å². The van der Waals surface area contributed by atoms with Crippen molar-refractivity contribution in [3.05, 3.63) is 52.4 Å². The smallest absolute Gasteiger partial charge is 0.156 e. The first kappa shape index (κ1) is 12.5. The topological polar surface area (TPSA) is 54.9 Å². The van der Waals surface area contributed by atoms with Gasteiger partial charge < -0.3 is 5.32 Å². The number of rotatable bonds is 4. The second-order valence-electron chi connectivity index (χ2n) is 3.82. The van der Waals surface area contributed by atoms with Gasteiger partial charge in [0, 0.05) is 6.54 Å². The molecular formula is C13H12ClN3O. The summed E-state index contributed by atoms with van der Waals surface area (Å²) >= 11 is 5.82. The Morgan fingerprint density at radius 2 is 2.11 bits per heavy atom. The van der Waals surface area contributed by atoms with E-state index in [0.717, 1.165) is 5.56 Å². The SMILES string of the molecule is Cc1ccccc1CNc1ncnc(Cl)c1C=O. The van der Waals surface area contributed by atoms with Crippen LogP contribution in [-0.2, 0) is 6.54 Å². The van der Waals surface area contributed by atoms with Gasteiger partial charge >= 0.3 is 0 Å². The van der Waals surface area contributed by atoms with Crippen molar-refractivity contribution in [1.82, 2.24) is 9.97 Å². The maximum atomic E-state index is 10.9. The number of benzene rings is 1. The molecule has 2 rings (SSSR count). The highest BCUT2D eigenvalue weighted by atomic mass is 35.5. The van der Waals surface area contributed by atoms with Crippen LogP contribution in [0.4, 0.5) is 5.82 Å². The van der Waals surface area contributed by atoms with Gasteiger partial charge in [0.25, 0.3) is 0 Å². The molecule has 18 heavy (non-hydrogen) atoms. The Morgan fingerprint density at radius 1 is 1.33 bits per heavy atom. The lowest BCUT2D eigenvalue weighted by molar-refractivity contribution is 0.112. The number of carbonyl (C=O) groups is 1. The average molecular weight is 262 g/mol. The van der Waals surface area contributed by atoms with Crippen LogP contribution >= 0.6 is 11.6 Å². The zero-order chi connectivity index (χ0) is 13.0. The van der Waals surface area contributed by atoms with Crippen molar-refractivity contribution in [2.75, 3.05) is 5.32 Å². The lowest BCUT2D eigenvalue weighted by Crippen LogP contribution is -2.06. The molecule has 0 radical (unpaired) electrons. The van der Waals surface area contributed by atoms with Gasteiger partial charge in [-0.05, 0) is 18.1 Å². The van der Waals surface area contributed by atoms with Crippen molar-refractivity contribution in [3.8, 4) is 0 Å². The number of aromatic nitrogens is 2. The van der Waals surface area contributed by atoms with E-state index in [-0.39, 0.29) is 10.7 Å². The van der Waals surface area contributed by atoms with E-state index in [2.05, 4.69) is 15.3 Å². The first-order valence-electron chi connectivity index (χ1n) is 5.46. The molecule has 0 saturated carbocycles. The van der Waals surface area contributed by atoms with E-state index >= 15 is 0 Å². The maximum absolute atomic E-state index is 10.9. The summed E-state index contributed by atoms with van der Waals surface area (Å²) in [4.78, 5) is 18.7. The van der Waals surface area contributed by atoms with Crippen molar-refractivity contribution >= 4 is 23.7 Å². The van der Waals surface area contributed by atoms with Crippen molar-refractivity contribution in [3.63, 3.8) is 0 Å². The maximum Gasteiger partial charge on any atom is 0.156 e. The van der Waals surface area contributed by atoms with Crippen LogP contribution in [0, 0.1) is 6.92 Å². The van der Waals surface area contributed by atoms with Gasteiger partial charge in [-0.25, -0.2) is 9.97 Å². The monoisotopic (exact) mass is 261 g/mol. The minimum absolute atomic E-state index is 0.160. The van der Waals surface area contributed by atoms with Crippen molar-refractivity contribution in [1.29, 1.82) is 0 Å². The van der Waals surface area contributed by atoms with Gasteiger partial charge in [-0.15, -0.1) is 0 Å². The molecule has 5 heteroatoms. The largest absolute Gasteiger partial charge is 0.365 e. The summed E-state index contributed by atoms with van der Waals surface area (Å²) < 4.78 is 0. The summed E-state index contributed by atoms with van der Waals surface area (Å²) in [6, 6.07) is 8.01. The quantitative estimate of drug-likeness (QED) is 0.679. The van der Waals surface area contributed by atoms with E-state index in [1.165, 1.54) is 11.9 Å². The van der Waals surface area contributed by atoms with Crippen LogP contribution < -0.4 is 5.32 Å². The third-order valence-corrected chi connectivity index (χ3v) is 2.96. The number of nitrogens with zero attached hydrogens (tertiary/aromatic N) is 2. The second kappa shape index (κ2) is 5.60. The lowest BCUT2D eigenvalue weighted by Gasteiger charge is -2.09. The third-order valence-electron chi connectivity index (χ3n) is 2.66. The first-order valence-corrected chi connectivity index (χ1v) is 5.84. The van der Waals surface area contributed by atoms with E-state index in [1.54, 1.807) is 0 Å². The second-order valence-corrected chi connectivity index (χ2v) is 4.18. The van der Waals surface area contributed by atoms with Crippen LogP contribution in [0.3, 0.4) is 0 Å². The number of anilines is 1. The Balaban J connectivity index is 2.18. The van der Waals surface area contributed by atoms with E-state index in [9.17, 15) is 4.79 Å². The molecule has 1 N–H and O–H groups in total. The fourth-order valence-corrected chi connectivity index (χ4v) is 1.78. The molecule has 4 nitrogen and oxygen atoms in total. The summed E-state index contributed by atoms with van der Waals surface area (Å²) in [5, 5.41) is 3.25. The number of aldehydes is 1. The van der Waals surface area contributed by atoms with E-state index in [4.69, 9.17) is 11.6 Å². The van der Waals surface area contributed by atoms with Crippen LogP contribution in [-0.4, -0.2) is 16.3 Å². The molecule has 0 amide bonds. The highest BCUT2D eigenvalue weighted by Crippen LogP contribution is 2.18. The Labute approximate surface area is 110 Å². The van der Waals surface area contributed by atoms with E-state index in [1.807, 2.05) is 31.2 Å². The molecule has 0 aliphatic carbocycles. The lowest BCUT2D eigenvalue weighted by atomic mass is 10.1. The Bertz CT molecular complexity index is 572. The number of nitrogens with one attached hydrogen (secondary N) is 1. The van der Waals surface area contributed by atoms with Crippen LogP contribution in [0.5, 0.6) is 0 Å². The molecule has 0 bridgehead atoms. The minimum atomic E-state index is 0.160. The Morgan fingerprint density at radius 3 is 2.83 bits per heavy atom. The average Bonchev–Trinajstić information content (AvgIpc) is 2.38. The highest BCUT2D eigenvalue weighted by molar-refractivity contribution is 6.32. The fraction of sp³-hybridized carbons (Fsp3) is 0.154. The molecule has 0 saturated heterocycles. The van der Waals surface area contributed by atoms with E-state index < -0.39 is 0 Å². The van der Waals surface area contributed by atoms with Crippen LogP contribution in [0.15, 0.2) is 30.6 Å². The highest BCUT2D eigenvalue weighted by Gasteiger charge is 2.08. The summed E-state index contributed by atoms with van der Waals surface area (Å²) in [5.41, 5.74) is 2.61. The molecule has 1 aromatic carbocycles. The molecule has 0 fully saturated rings. The molecule has 92 valence electrons. The van der Waals surface area contributed by atoms with Gasteiger partial charge in [-0.1, -0.05) is 35.9 Å². The van der Waals surface area contributed by atoms with Crippen molar-refractivity contribution in [2.45, 2.75) is 13.5 Å². The molecule has 0 unspecified atom stereocenters. The number of aryl methyl sites for hydroxylation is 1. The van der Waals surface area contributed by atoms with Gasteiger partial charge in [0.15, 0.2) is 6.29 Å². The molecule has 0 atom stereocenters. The molecule has 0 aliphatic heterocycles. The number of hydrogen-bond donors (Lipinski definition) is 1. The van der Waals surface area contributed by atoms with Crippen molar-refractivity contribution in [2.24, 2.45) is 0 Å². The fourth-order valence-electron chi connectivity index (χ4n) is 1.61. The van der Waals surface area contributed by atoms with Gasteiger partial charge in [-0.2, -0.15) is 0 Å². The standard InChI is InChI=1S/C13H12ClN3O/c1-9-4-2-3-5-10(9)6-15-13-11(7-18)12(14)16-8-17-13/h2-5,7-8H,6H2,1H3,(H,15,16,17). The molecule has 1 heterocycles. The Kier molecular flexibility index (Phi) is 3.89. The normalized spacial score (nSPS) is 10.1. The Hall–Kier alpha value is -1.94. The van der Waals surface area contributed by atoms with Crippen LogP contribution in [0.25, 0.3) is 0 Å². The zero-order valence-corrected chi connectivity index (χ0v) is 10.6. The van der Waals surface area contributed by atoms with Gasteiger partial charge in [-0.3, -0.25) is 4.79 Å². The third kappa shape index (κ3) is 2.65. The predicted octanol–water partition coefficient (Wildman–Crippen LogP) is 2.86. The number of hydrogen-bond acceptors (Lipinski definition) is 4. The molecule has 0 aliphatic rings. The van der Waals surface area contributed by atoms with E-state index in [0.29, 0.717) is 18.6 Å². The van der Waals surface area contributed by atoms with Crippen molar-refractivity contribution < 1.29 is 4.79 Å². The number of halogens is 1. The molecule has 2 aromatic rings. The summed E-state index contributed by atoms with van der Waals surface area (Å²) in [6.45, 7) is 2.62. The minimum Gasteiger partial charge on any atom is -0.365 e. The summed E-state index contributed by atoms with van der Waals surface area (Å²) in [5.74, 6) is 0.452.